The van der Waals surface area contributed by atoms with Gasteiger partial charge in [0.05, 0.1) is 17.2 Å². The molecule has 0 radical (unpaired) electrons. The summed E-state index contributed by atoms with van der Waals surface area (Å²) < 4.78 is 17.0. The molecule has 2 aromatic heterocycles. The number of fused-ring (bicyclic) bond motifs is 5. The summed E-state index contributed by atoms with van der Waals surface area (Å²) >= 11 is 0. The highest BCUT2D eigenvalue weighted by Gasteiger charge is 2.45. The van der Waals surface area contributed by atoms with Gasteiger partial charge in [0, 0.05) is 24.2 Å². The number of benzene rings is 1. The average Bonchev–Trinajstić information content (AvgIpc) is 2.89. The summed E-state index contributed by atoms with van der Waals surface area (Å²) in [6.07, 6.45) is 14.5. The second-order valence-electron chi connectivity index (χ2n) is 12.1. The molecular formula is C29H35FN6O2. The highest BCUT2D eigenvalue weighted by Crippen LogP contribution is 2.47. The molecule has 9 heteroatoms. The van der Waals surface area contributed by atoms with Gasteiger partial charge < -0.3 is 10.3 Å². The van der Waals surface area contributed by atoms with Crippen molar-refractivity contribution >= 4 is 16.9 Å². The molecule has 2 N–H and O–H groups in total. The lowest BCUT2D eigenvalue weighted by atomic mass is 9.68. The molecule has 7 rings (SSSR count). The number of piperidine rings is 2. The second kappa shape index (κ2) is 9.29. The molecule has 1 aromatic carbocycles. The fourth-order valence-corrected chi connectivity index (χ4v) is 8.39. The second-order valence-corrected chi connectivity index (χ2v) is 12.1. The molecule has 6 atom stereocenters. The van der Waals surface area contributed by atoms with E-state index in [2.05, 4.69) is 14.9 Å². The Morgan fingerprint density at radius 2 is 1.50 bits per heavy atom. The molecule has 38 heavy (non-hydrogen) atoms. The third kappa shape index (κ3) is 3.97. The van der Waals surface area contributed by atoms with E-state index in [1.54, 1.807) is 0 Å². The Hall–Kier alpha value is -3.07. The Bertz CT molecular complexity index is 1470. The molecule has 3 aromatic rings. The quantitative estimate of drug-likeness (QED) is 0.558. The van der Waals surface area contributed by atoms with Gasteiger partial charge in [0.15, 0.2) is 11.6 Å². The topological polar surface area (TPSA) is 99.0 Å². The van der Waals surface area contributed by atoms with Gasteiger partial charge in [0.1, 0.15) is 0 Å². The van der Waals surface area contributed by atoms with E-state index in [9.17, 15) is 14.0 Å². The molecule has 4 aliphatic rings. The molecule has 4 bridgehead atoms. The molecule has 2 saturated heterocycles. The van der Waals surface area contributed by atoms with Crippen molar-refractivity contribution in [2.45, 2.75) is 94.8 Å². The SMILES string of the molecule is Nc1nc(=O)n(-c2nc3ccccc3n(C3C[C@H]4CCC[C@@H](C3)N4C3C[C@H]4CCC[C@@H](C3)C4)c2=O)cc1F. The number of rotatable bonds is 3. The molecule has 200 valence electrons. The third-order valence-electron chi connectivity index (χ3n) is 9.81. The van der Waals surface area contributed by atoms with Crippen LogP contribution >= 0.6 is 0 Å². The van der Waals surface area contributed by atoms with Crippen LogP contribution in [0.25, 0.3) is 16.9 Å². The maximum absolute atomic E-state index is 14.3. The Kier molecular flexibility index (Phi) is 5.87. The van der Waals surface area contributed by atoms with Crippen LogP contribution in [0.15, 0.2) is 40.1 Å². The zero-order valence-corrected chi connectivity index (χ0v) is 21.6. The van der Waals surface area contributed by atoms with Crippen LogP contribution in [0, 0.1) is 17.7 Å². The smallest absolute Gasteiger partial charge is 0.355 e. The van der Waals surface area contributed by atoms with E-state index in [0.29, 0.717) is 23.6 Å². The summed E-state index contributed by atoms with van der Waals surface area (Å²) in [6.45, 7) is 0. The fraction of sp³-hybridized carbons (Fsp3) is 0.586. The Labute approximate surface area is 220 Å². The molecule has 0 amide bonds. The minimum absolute atomic E-state index is 0.00826. The first-order valence-corrected chi connectivity index (χ1v) is 14.3. The van der Waals surface area contributed by atoms with Gasteiger partial charge in [-0.1, -0.05) is 37.8 Å². The van der Waals surface area contributed by atoms with Crippen LogP contribution in [0.5, 0.6) is 0 Å². The van der Waals surface area contributed by atoms with Crippen LogP contribution in [0.2, 0.25) is 0 Å². The summed E-state index contributed by atoms with van der Waals surface area (Å²) in [4.78, 5) is 37.6. The average molecular weight is 519 g/mol. The summed E-state index contributed by atoms with van der Waals surface area (Å²) in [5.41, 5.74) is 5.64. The number of hydrogen-bond donors (Lipinski definition) is 1. The molecule has 2 aliphatic heterocycles. The van der Waals surface area contributed by atoms with Crippen molar-refractivity contribution in [2.75, 3.05) is 5.73 Å². The Morgan fingerprint density at radius 1 is 0.816 bits per heavy atom. The zero-order valence-electron chi connectivity index (χ0n) is 21.6. The van der Waals surface area contributed by atoms with Gasteiger partial charge in [-0.05, 0) is 68.9 Å². The predicted octanol–water partition coefficient (Wildman–Crippen LogP) is 4.19. The number of nitrogen functional groups attached to an aromatic ring is 1. The summed E-state index contributed by atoms with van der Waals surface area (Å²) in [6, 6.07) is 9.09. The number of anilines is 1. The molecule has 0 spiro atoms. The number of nitrogens with two attached hydrogens (primary N) is 1. The van der Waals surface area contributed by atoms with Crippen LogP contribution in [-0.4, -0.2) is 42.1 Å². The number of para-hydroxylation sites is 2. The Morgan fingerprint density at radius 3 is 2.24 bits per heavy atom. The van der Waals surface area contributed by atoms with Gasteiger partial charge in [-0.25, -0.2) is 18.7 Å². The van der Waals surface area contributed by atoms with E-state index in [1.807, 2.05) is 28.8 Å². The van der Waals surface area contributed by atoms with E-state index < -0.39 is 17.3 Å². The van der Waals surface area contributed by atoms with Gasteiger partial charge in [-0.2, -0.15) is 4.98 Å². The first kappa shape index (κ1) is 24.0. The van der Waals surface area contributed by atoms with Gasteiger partial charge >= 0.3 is 5.69 Å². The summed E-state index contributed by atoms with van der Waals surface area (Å²) in [7, 11) is 0. The highest BCUT2D eigenvalue weighted by molar-refractivity contribution is 5.75. The molecule has 2 saturated carbocycles. The Balaban J connectivity index is 1.28. The standard InChI is InChI=1S/C29H35FN6O2/c30-23-16-34(29(38)33-26(23)31)27-28(37)36(25-10-2-1-9-24(25)32-27)22-14-19-7-4-8-20(15-22)35(19)21-12-17-5-3-6-18(11-17)13-21/h1-2,9-10,16-22H,3-8,11-15H2,(H2,31,33,38)/t17-,18+,19-,20+,21?,22?. The van der Waals surface area contributed by atoms with E-state index in [0.717, 1.165) is 53.8 Å². The number of hydrogen-bond acceptors (Lipinski definition) is 6. The van der Waals surface area contributed by atoms with Crippen LogP contribution in [-0.2, 0) is 0 Å². The zero-order chi connectivity index (χ0) is 26.0. The van der Waals surface area contributed by atoms with Gasteiger partial charge in [-0.3, -0.25) is 9.69 Å². The van der Waals surface area contributed by atoms with Crippen molar-refractivity contribution in [1.29, 1.82) is 0 Å². The van der Waals surface area contributed by atoms with Crippen LogP contribution in [0.3, 0.4) is 0 Å². The highest BCUT2D eigenvalue weighted by atomic mass is 19.1. The summed E-state index contributed by atoms with van der Waals surface area (Å²) in [5.74, 6) is 0.290. The molecule has 2 unspecified atom stereocenters. The normalized spacial score (nSPS) is 31.4. The lowest BCUT2D eigenvalue weighted by Gasteiger charge is -2.55. The van der Waals surface area contributed by atoms with E-state index in [4.69, 9.17) is 5.73 Å². The third-order valence-corrected chi connectivity index (χ3v) is 9.81. The first-order valence-electron chi connectivity index (χ1n) is 14.3. The van der Waals surface area contributed by atoms with Gasteiger partial charge in [-0.15, -0.1) is 0 Å². The molecule has 4 fully saturated rings. The molecule has 4 heterocycles. The number of halogens is 1. The maximum atomic E-state index is 14.3. The predicted molar refractivity (Wildman–Crippen MR) is 144 cm³/mol. The van der Waals surface area contributed by atoms with E-state index in [1.165, 1.54) is 44.9 Å². The van der Waals surface area contributed by atoms with E-state index >= 15 is 0 Å². The van der Waals surface area contributed by atoms with Crippen molar-refractivity contribution in [3.63, 3.8) is 0 Å². The van der Waals surface area contributed by atoms with Crippen LogP contribution < -0.4 is 17.0 Å². The first-order chi connectivity index (χ1) is 18.5. The van der Waals surface area contributed by atoms with Crippen molar-refractivity contribution in [2.24, 2.45) is 11.8 Å². The lowest BCUT2D eigenvalue weighted by Crippen LogP contribution is -2.58. The van der Waals surface area contributed by atoms with Crippen molar-refractivity contribution in [1.82, 2.24) is 24.0 Å². The minimum Gasteiger partial charge on any atom is -0.381 e. The van der Waals surface area contributed by atoms with Gasteiger partial charge in [0.25, 0.3) is 5.56 Å². The van der Waals surface area contributed by atoms with Crippen LogP contribution in [0.1, 0.15) is 76.7 Å². The summed E-state index contributed by atoms with van der Waals surface area (Å²) in [5, 5.41) is 0. The molecule has 8 nitrogen and oxygen atoms in total. The lowest BCUT2D eigenvalue weighted by molar-refractivity contribution is -0.0485. The monoisotopic (exact) mass is 518 g/mol. The van der Waals surface area contributed by atoms with Crippen molar-refractivity contribution in [3.05, 3.63) is 57.1 Å². The van der Waals surface area contributed by atoms with Gasteiger partial charge in [0.2, 0.25) is 5.82 Å². The van der Waals surface area contributed by atoms with Crippen LogP contribution in [0.4, 0.5) is 10.2 Å². The maximum Gasteiger partial charge on any atom is 0.355 e. The van der Waals surface area contributed by atoms with E-state index in [-0.39, 0.29) is 17.4 Å². The fourth-order valence-electron chi connectivity index (χ4n) is 8.39. The largest absolute Gasteiger partial charge is 0.381 e. The van der Waals surface area contributed by atoms with Crippen molar-refractivity contribution < 1.29 is 4.39 Å². The number of aromatic nitrogens is 4. The minimum atomic E-state index is -0.856. The van der Waals surface area contributed by atoms with Crippen molar-refractivity contribution in [3.8, 4) is 5.82 Å². The number of nitrogens with zero attached hydrogens (tertiary/aromatic N) is 5. The molecular weight excluding hydrogens is 483 g/mol. The molecule has 2 aliphatic carbocycles.